The summed E-state index contributed by atoms with van der Waals surface area (Å²) >= 11 is 0. The molecule has 206 valence electrons. The number of alkyl halides is 3. The van der Waals surface area contributed by atoms with Crippen molar-refractivity contribution in [1.29, 1.82) is 0 Å². The number of carboxylic acids is 1. The Kier molecular flexibility index (Phi) is 8.03. The summed E-state index contributed by atoms with van der Waals surface area (Å²) in [7, 11) is 1.92. The number of pyridine rings is 1. The van der Waals surface area contributed by atoms with Crippen molar-refractivity contribution in [2.75, 3.05) is 11.5 Å². The monoisotopic (exact) mass is 548 g/mol. The molecule has 1 atom stereocenters. The Balaban J connectivity index is 0.000000470. The number of aliphatic carboxylic acids is 1. The lowest BCUT2D eigenvalue weighted by atomic mass is 9.91. The van der Waals surface area contributed by atoms with Crippen LogP contribution in [0.2, 0.25) is 0 Å². The molecule has 0 bridgehead atoms. The van der Waals surface area contributed by atoms with Gasteiger partial charge in [-0.2, -0.15) is 18.3 Å². The SMILES string of the molecule is CCc1cccc(C(c2cc3cc(N)ccc3c(N)n2)c2nc(-c3ccccc3)nn2C)c1.O=C(O)C(F)(F)F. The molecule has 5 aromatic rings. The number of halogens is 3. The molecular formula is C29H27F3N6O2. The Hall–Kier alpha value is -4.93. The van der Waals surface area contributed by atoms with Gasteiger partial charge in [-0.25, -0.2) is 14.8 Å². The molecule has 0 aliphatic carbocycles. The summed E-state index contributed by atoms with van der Waals surface area (Å²) in [4.78, 5) is 18.7. The molecule has 0 aliphatic heterocycles. The van der Waals surface area contributed by atoms with Gasteiger partial charge < -0.3 is 16.6 Å². The summed E-state index contributed by atoms with van der Waals surface area (Å²) in [6.45, 7) is 2.15. The molecule has 2 heterocycles. The minimum atomic E-state index is -5.08. The summed E-state index contributed by atoms with van der Waals surface area (Å²) < 4.78 is 33.6. The van der Waals surface area contributed by atoms with Gasteiger partial charge in [0.05, 0.1) is 11.6 Å². The van der Waals surface area contributed by atoms with Crippen LogP contribution in [0.15, 0.2) is 78.9 Å². The molecular weight excluding hydrogens is 521 g/mol. The average Bonchev–Trinajstić information content (AvgIpc) is 3.30. The van der Waals surface area contributed by atoms with Gasteiger partial charge in [0, 0.05) is 23.7 Å². The fourth-order valence-corrected chi connectivity index (χ4v) is 4.27. The van der Waals surface area contributed by atoms with E-state index in [1.165, 1.54) is 5.56 Å². The Morgan fingerprint density at radius 2 is 1.68 bits per heavy atom. The number of benzene rings is 3. The molecule has 5 N–H and O–H groups in total. The van der Waals surface area contributed by atoms with Gasteiger partial charge >= 0.3 is 12.1 Å². The maximum absolute atomic E-state index is 10.6. The number of hydrogen-bond acceptors (Lipinski definition) is 6. The molecule has 0 saturated heterocycles. The molecule has 0 amide bonds. The topological polar surface area (TPSA) is 133 Å². The van der Waals surface area contributed by atoms with E-state index in [2.05, 4.69) is 37.3 Å². The molecule has 0 saturated carbocycles. The van der Waals surface area contributed by atoms with E-state index in [0.717, 1.165) is 39.8 Å². The highest BCUT2D eigenvalue weighted by Crippen LogP contribution is 2.34. The van der Waals surface area contributed by atoms with Crippen LogP contribution in [-0.2, 0) is 18.3 Å². The van der Waals surface area contributed by atoms with Gasteiger partial charge in [-0.3, -0.25) is 4.68 Å². The number of anilines is 2. The number of rotatable bonds is 5. The number of nitrogens with zero attached hydrogens (tertiary/aromatic N) is 4. The van der Waals surface area contributed by atoms with E-state index in [-0.39, 0.29) is 5.92 Å². The van der Waals surface area contributed by atoms with E-state index in [9.17, 15) is 13.2 Å². The summed E-state index contributed by atoms with van der Waals surface area (Å²) in [6, 6.07) is 26.3. The fourth-order valence-electron chi connectivity index (χ4n) is 4.27. The number of hydrogen-bond donors (Lipinski definition) is 3. The lowest BCUT2D eigenvalue weighted by molar-refractivity contribution is -0.192. The third kappa shape index (κ3) is 6.20. The van der Waals surface area contributed by atoms with Crippen molar-refractivity contribution in [3.05, 3.63) is 102 Å². The van der Waals surface area contributed by atoms with Crippen LogP contribution < -0.4 is 11.5 Å². The third-order valence-corrected chi connectivity index (χ3v) is 6.22. The van der Waals surface area contributed by atoms with Gasteiger partial charge in [0.15, 0.2) is 5.82 Å². The molecule has 11 heteroatoms. The Labute approximate surface area is 228 Å². The normalized spacial score (nSPS) is 12.0. The first-order valence-electron chi connectivity index (χ1n) is 12.3. The van der Waals surface area contributed by atoms with Gasteiger partial charge in [0.25, 0.3) is 0 Å². The van der Waals surface area contributed by atoms with Crippen LogP contribution in [0.25, 0.3) is 22.2 Å². The lowest BCUT2D eigenvalue weighted by Crippen LogP contribution is -2.21. The highest BCUT2D eigenvalue weighted by atomic mass is 19.4. The second-order valence-corrected chi connectivity index (χ2v) is 9.03. The first-order chi connectivity index (χ1) is 19.0. The minimum absolute atomic E-state index is 0.236. The molecule has 0 aliphatic rings. The average molecular weight is 549 g/mol. The summed E-state index contributed by atoms with van der Waals surface area (Å²) in [5, 5.41) is 13.7. The highest BCUT2D eigenvalue weighted by Gasteiger charge is 2.38. The Morgan fingerprint density at radius 1 is 0.975 bits per heavy atom. The van der Waals surface area contributed by atoms with Crippen molar-refractivity contribution in [1.82, 2.24) is 19.7 Å². The van der Waals surface area contributed by atoms with Crippen molar-refractivity contribution in [3.8, 4) is 11.4 Å². The van der Waals surface area contributed by atoms with Gasteiger partial charge in [0.2, 0.25) is 0 Å². The largest absolute Gasteiger partial charge is 0.490 e. The van der Waals surface area contributed by atoms with Crippen LogP contribution in [0, 0.1) is 0 Å². The van der Waals surface area contributed by atoms with E-state index in [4.69, 9.17) is 36.4 Å². The van der Waals surface area contributed by atoms with Gasteiger partial charge in [-0.05, 0) is 47.2 Å². The standard InChI is InChI=1S/C27H26N6.C2HF3O2/c1-3-17-8-7-11-19(14-17)24(23-16-20-15-21(28)12-13-22(20)25(29)30-23)27-31-26(32-33(27)2)18-9-5-4-6-10-18;3-2(4,5)1(6)7/h4-16,24H,3,28H2,1-2H3,(H2,29,30);(H,6,7). The highest BCUT2D eigenvalue weighted by molar-refractivity contribution is 5.93. The predicted molar refractivity (Wildman–Crippen MR) is 147 cm³/mol. The number of carboxylic acid groups (broad SMARTS) is 1. The van der Waals surface area contributed by atoms with Crippen LogP contribution in [-0.4, -0.2) is 37.0 Å². The summed E-state index contributed by atoms with van der Waals surface area (Å²) in [5.41, 5.74) is 17.3. The molecule has 40 heavy (non-hydrogen) atoms. The van der Waals surface area contributed by atoms with Crippen LogP contribution in [0.1, 0.15) is 35.5 Å². The quantitative estimate of drug-likeness (QED) is 0.245. The number of aromatic nitrogens is 4. The third-order valence-electron chi connectivity index (χ3n) is 6.22. The first-order valence-corrected chi connectivity index (χ1v) is 12.3. The zero-order valence-electron chi connectivity index (χ0n) is 21.7. The molecule has 0 radical (unpaired) electrons. The van der Waals surface area contributed by atoms with Crippen LogP contribution in [0.5, 0.6) is 0 Å². The van der Waals surface area contributed by atoms with E-state index in [1.54, 1.807) is 0 Å². The zero-order valence-corrected chi connectivity index (χ0v) is 21.7. The number of fused-ring (bicyclic) bond motifs is 1. The summed E-state index contributed by atoms with van der Waals surface area (Å²) in [5.74, 6) is -1.03. The van der Waals surface area contributed by atoms with E-state index in [1.807, 2.05) is 60.3 Å². The van der Waals surface area contributed by atoms with Crippen LogP contribution in [0.4, 0.5) is 24.7 Å². The van der Waals surface area contributed by atoms with Crippen LogP contribution in [0.3, 0.4) is 0 Å². The predicted octanol–water partition coefficient (Wildman–Crippen LogP) is 5.57. The Bertz CT molecular complexity index is 1650. The number of aryl methyl sites for hydroxylation is 2. The maximum Gasteiger partial charge on any atom is 0.490 e. The zero-order chi connectivity index (χ0) is 29.0. The van der Waals surface area contributed by atoms with Crippen molar-refractivity contribution >= 4 is 28.2 Å². The molecule has 3 aromatic carbocycles. The second kappa shape index (κ2) is 11.4. The molecule has 5 rings (SSSR count). The van der Waals surface area contributed by atoms with Crippen molar-refractivity contribution in [2.45, 2.75) is 25.4 Å². The van der Waals surface area contributed by atoms with E-state index >= 15 is 0 Å². The number of carbonyl (C=O) groups is 1. The number of nitrogens with two attached hydrogens (primary N) is 2. The fraction of sp³-hybridized carbons (Fsp3) is 0.172. The smallest absolute Gasteiger partial charge is 0.475 e. The molecule has 8 nitrogen and oxygen atoms in total. The van der Waals surface area contributed by atoms with Gasteiger partial charge in [-0.15, -0.1) is 0 Å². The summed E-state index contributed by atoms with van der Waals surface area (Å²) in [6.07, 6.45) is -4.14. The molecule has 2 aromatic heterocycles. The van der Waals surface area contributed by atoms with Gasteiger partial charge in [0.1, 0.15) is 11.6 Å². The lowest BCUT2D eigenvalue weighted by Gasteiger charge is -2.18. The van der Waals surface area contributed by atoms with E-state index in [0.29, 0.717) is 17.3 Å². The Morgan fingerprint density at radius 3 is 2.33 bits per heavy atom. The van der Waals surface area contributed by atoms with Crippen molar-refractivity contribution in [3.63, 3.8) is 0 Å². The molecule has 0 fully saturated rings. The molecule has 0 spiro atoms. The number of nitrogen functional groups attached to an aromatic ring is 2. The second-order valence-electron chi connectivity index (χ2n) is 9.03. The van der Waals surface area contributed by atoms with E-state index < -0.39 is 12.1 Å². The molecule has 1 unspecified atom stereocenters. The van der Waals surface area contributed by atoms with Crippen molar-refractivity contribution < 1.29 is 23.1 Å². The van der Waals surface area contributed by atoms with Gasteiger partial charge in [-0.1, -0.05) is 61.5 Å². The minimum Gasteiger partial charge on any atom is -0.475 e. The van der Waals surface area contributed by atoms with Crippen LogP contribution >= 0.6 is 0 Å². The maximum atomic E-state index is 10.6. The first kappa shape index (κ1) is 28.1. The van der Waals surface area contributed by atoms with Crippen molar-refractivity contribution in [2.24, 2.45) is 7.05 Å².